The van der Waals surface area contributed by atoms with Gasteiger partial charge in [-0.1, -0.05) is 69.7 Å². The van der Waals surface area contributed by atoms with Gasteiger partial charge >= 0.3 is 7.82 Å². The lowest BCUT2D eigenvalue weighted by Crippen LogP contribution is -2.03. The summed E-state index contributed by atoms with van der Waals surface area (Å²) >= 11 is 0. The van der Waals surface area contributed by atoms with Crippen LogP contribution in [0.1, 0.15) is 63.0 Å². The zero-order chi connectivity index (χ0) is 17.7. The minimum atomic E-state index is -4.39. The summed E-state index contributed by atoms with van der Waals surface area (Å²) in [7, 11) is -4.39. The molecule has 1 rings (SSSR count). The summed E-state index contributed by atoms with van der Waals surface area (Å²) in [6.45, 7) is 2.71. The number of phosphoric acid groups is 1. The summed E-state index contributed by atoms with van der Waals surface area (Å²) in [5, 5.41) is 0. The fraction of sp³-hybridized carbons (Fsp3) is 0.667. The molecular weight excluding hydrogens is 327 g/mol. The molecule has 138 valence electrons. The first kappa shape index (κ1) is 21.3. The number of hydrogen-bond donors (Lipinski definition) is 2. The van der Waals surface area contributed by atoms with E-state index in [9.17, 15) is 4.57 Å². The van der Waals surface area contributed by atoms with Crippen molar-refractivity contribution in [2.45, 2.75) is 64.9 Å². The van der Waals surface area contributed by atoms with Gasteiger partial charge in [-0.25, -0.2) is 4.57 Å². The molecule has 5 nitrogen and oxygen atoms in total. The third-order valence-electron chi connectivity index (χ3n) is 3.82. The quantitative estimate of drug-likeness (QED) is 0.375. The van der Waals surface area contributed by atoms with E-state index in [1.54, 1.807) is 0 Å². The predicted octanol–water partition coefficient (Wildman–Crippen LogP) is 4.61. The van der Waals surface area contributed by atoms with E-state index in [1.807, 2.05) is 12.1 Å². The van der Waals surface area contributed by atoms with E-state index >= 15 is 0 Å². The van der Waals surface area contributed by atoms with Gasteiger partial charge in [0.05, 0.1) is 19.8 Å². The molecule has 2 N–H and O–H groups in total. The van der Waals surface area contributed by atoms with E-state index < -0.39 is 7.82 Å². The van der Waals surface area contributed by atoms with Crippen LogP contribution >= 0.6 is 7.82 Å². The number of rotatable bonds is 14. The van der Waals surface area contributed by atoms with Gasteiger partial charge < -0.3 is 14.5 Å². The van der Waals surface area contributed by atoms with E-state index in [4.69, 9.17) is 14.5 Å². The van der Waals surface area contributed by atoms with Gasteiger partial charge in [-0.3, -0.25) is 4.52 Å². The molecule has 0 aliphatic heterocycles. The average molecular weight is 358 g/mol. The first-order chi connectivity index (χ1) is 11.5. The van der Waals surface area contributed by atoms with Gasteiger partial charge in [0.1, 0.15) is 0 Å². The minimum Gasteiger partial charge on any atom is -0.374 e. The average Bonchev–Trinajstić information content (AvgIpc) is 2.53. The molecule has 0 aliphatic carbocycles. The maximum Gasteiger partial charge on any atom is 0.469 e. The summed E-state index contributed by atoms with van der Waals surface area (Å²) in [6.07, 6.45) is 10.2. The van der Waals surface area contributed by atoms with Gasteiger partial charge in [-0.15, -0.1) is 0 Å². The molecule has 0 saturated heterocycles. The lowest BCUT2D eigenvalue weighted by atomic mass is 10.0. The zero-order valence-corrected chi connectivity index (χ0v) is 15.5. The van der Waals surface area contributed by atoms with Crippen molar-refractivity contribution in [2.24, 2.45) is 0 Å². The number of ether oxygens (including phenoxy) is 1. The third-order valence-corrected chi connectivity index (χ3v) is 4.34. The van der Waals surface area contributed by atoms with Gasteiger partial charge in [0.25, 0.3) is 0 Å². The SMILES string of the molecule is CCCCCCCCCc1cccc(COCCOP(=O)(O)O)c1. The number of aryl methyl sites for hydroxylation is 1. The Hall–Kier alpha value is -0.710. The Labute approximate surface area is 145 Å². The Morgan fingerprint density at radius 1 is 0.958 bits per heavy atom. The molecule has 0 radical (unpaired) electrons. The molecule has 0 bridgehead atoms. The molecule has 0 heterocycles. The molecule has 0 saturated carbocycles. The fourth-order valence-corrected chi connectivity index (χ4v) is 2.88. The maximum atomic E-state index is 10.5. The molecule has 0 unspecified atom stereocenters. The van der Waals surface area contributed by atoms with Crippen LogP contribution in [0, 0.1) is 0 Å². The van der Waals surface area contributed by atoms with Crippen molar-refractivity contribution >= 4 is 7.82 Å². The fourth-order valence-electron chi connectivity index (χ4n) is 2.57. The Kier molecular flexibility index (Phi) is 11.2. The van der Waals surface area contributed by atoms with E-state index in [0.717, 1.165) is 12.0 Å². The van der Waals surface area contributed by atoms with Crippen LogP contribution in [0.25, 0.3) is 0 Å². The van der Waals surface area contributed by atoms with E-state index in [0.29, 0.717) is 6.61 Å². The van der Waals surface area contributed by atoms with Crippen LogP contribution in [0.2, 0.25) is 0 Å². The van der Waals surface area contributed by atoms with Crippen molar-refractivity contribution in [3.8, 4) is 0 Å². The van der Waals surface area contributed by atoms with Crippen molar-refractivity contribution in [3.63, 3.8) is 0 Å². The van der Waals surface area contributed by atoms with E-state index in [-0.39, 0.29) is 13.2 Å². The standard InChI is InChI=1S/C18H31O5P/c1-2-3-4-5-6-7-8-10-17-11-9-12-18(15-17)16-22-13-14-23-24(19,20)21/h9,11-12,15H,2-8,10,13-14,16H2,1H3,(H2,19,20,21). The highest BCUT2D eigenvalue weighted by atomic mass is 31.2. The third kappa shape index (κ3) is 11.8. The summed E-state index contributed by atoms with van der Waals surface area (Å²) in [6, 6.07) is 8.30. The zero-order valence-electron chi connectivity index (χ0n) is 14.7. The Balaban J connectivity index is 2.15. The van der Waals surface area contributed by atoms with Crippen molar-refractivity contribution in [2.75, 3.05) is 13.2 Å². The van der Waals surface area contributed by atoms with Crippen molar-refractivity contribution in [1.29, 1.82) is 0 Å². The molecule has 1 aromatic carbocycles. The molecule has 0 fully saturated rings. The Morgan fingerprint density at radius 2 is 1.62 bits per heavy atom. The monoisotopic (exact) mass is 358 g/mol. The molecule has 0 amide bonds. The van der Waals surface area contributed by atoms with Crippen molar-refractivity contribution < 1.29 is 23.6 Å². The lowest BCUT2D eigenvalue weighted by molar-refractivity contribution is 0.0760. The number of benzene rings is 1. The summed E-state index contributed by atoms with van der Waals surface area (Å²) in [5.74, 6) is 0. The molecular formula is C18H31O5P. The summed E-state index contributed by atoms with van der Waals surface area (Å²) in [5.41, 5.74) is 2.39. The number of phosphoric ester groups is 1. The highest BCUT2D eigenvalue weighted by molar-refractivity contribution is 7.46. The van der Waals surface area contributed by atoms with Gasteiger partial charge in [0.15, 0.2) is 0 Å². The molecule has 0 spiro atoms. The highest BCUT2D eigenvalue weighted by Gasteiger charge is 2.12. The normalized spacial score (nSPS) is 11.8. The van der Waals surface area contributed by atoms with Crippen LogP contribution in [0.15, 0.2) is 24.3 Å². The molecule has 0 aliphatic rings. The van der Waals surface area contributed by atoms with Crippen LogP contribution in [0.4, 0.5) is 0 Å². The Bertz CT molecular complexity index is 486. The topological polar surface area (TPSA) is 76.0 Å². The van der Waals surface area contributed by atoms with Crippen LogP contribution < -0.4 is 0 Å². The van der Waals surface area contributed by atoms with Crippen molar-refractivity contribution in [3.05, 3.63) is 35.4 Å². The first-order valence-electron chi connectivity index (χ1n) is 8.87. The van der Waals surface area contributed by atoms with E-state index in [2.05, 4.69) is 23.6 Å². The van der Waals surface area contributed by atoms with Crippen LogP contribution in [0.3, 0.4) is 0 Å². The van der Waals surface area contributed by atoms with Gasteiger partial charge in [0, 0.05) is 0 Å². The second-order valence-electron chi connectivity index (χ2n) is 6.07. The molecule has 0 atom stereocenters. The summed E-state index contributed by atoms with van der Waals surface area (Å²) in [4.78, 5) is 17.1. The van der Waals surface area contributed by atoms with Gasteiger partial charge in [-0.2, -0.15) is 0 Å². The van der Waals surface area contributed by atoms with Crippen LogP contribution in [-0.2, 0) is 26.9 Å². The van der Waals surface area contributed by atoms with E-state index in [1.165, 1.54) is 50.5 Å². The van der Waals surface area contributed by atoms with Gasteiger partial charge in [-0.05, 0) is 24.0 Å². The second-order valence-corrected chi connectivity index (χ2v) is 7.31. The highest BCUT2D eigenvalue weighted by Crippen LogP contribution is 2.35. The molecule has 0 aromatic heterocycles. The smallest absolute Gasteiger partial charge is 0.374 e. The molecule has 6 heteroatoms. The molecule has 1 aromatic rings. The Morgan fingerprint density at radius 3 is 2.33 bits per heavy atom. The van der Waals surface area contributed by atoms with Crippen LogP contribution in [-0.4, -0.2) is 23.0 Å². The lowest BCUT2D eigenvalue weighted by Gasteiger charge is -2.08. The predicted molar refractivity (Wildman–Crippen MR) is 95.8 cm³/mol. The maximum absolute atomic E-state index is 10.5. The van der Waals surface area contributed by atoms with Crippen LogP contribution in [0.5, 0.6) is 0 Å². The largest absolute Gasteiger partial charge is 0.469 e. The first-order valence-corrected chi connectivity index (χ1v) is 10.4. The summed E-state index contributed by atoms with van der Waals surface area (Å²) < 4.78 is 20.2. The van der Waals surface area contributed by atoms with Gasteiger partial charge in [0.2, 0.25) is 0 Å². The molecule has 24 heavy (non-hydrogen) atoms. The second kappa shape index (κ2) is 12.6. The number of unbranched alkanes of at least 4 members (excludes halogenated alkanes) is 6. The van der Waals surface area contributed by atoms with Crippen molar-refractivity contribution in [1.82, 2.24) is 0 Å². The minimum absolute atomic E-state index is 0.109. The number of hydrogen-bond acceptors (Lipinski definition) is 3.